The minimum absolute atomic E-state index is 0.0595. The van der Waals surface area contributed by atoms with Gasteiger partial charge in [-0.3, -0.25) is 9.69 Å². The summed E-state index contributed by atoms with van der Waals surface area (Å²) in [6, 6.07) is 3.62. The van der Waals surface area contributed by atoms with Crippen molar-refractivity contribution in [2.45, 2.75) is 37.8 Å². The lowest BCUT2D eigenvalue weighted by Crippen LogP contribution is -2.44. The zero-order valence-electron chi connectivity index (χ0n) is 13.2. The van der Waals surface area contributed by atoms with Crippen LogP contribution in [-0.4, -0.2) is 53.7 Å². The van der Waals surface area contributed by atoms with Crippen LogP contribution in [0.3, 0.4) is 0 Å². The molecule has 2 amide bonds. The number of halogens is 1. The van der Waals surface area contributed by atoms with Crippen LogP contribution >= 0.6 is 11.6 Å². The summed E-state index contributed by atoms with van der Waals surface area (Å²) < 4.78 is 10.6. The number of aromatic nitrogens is 1. The van der Waals surface area contributed by atoms with E-state index in [0.29, 0.717) is 24.1 Å². The van der Waals surface area contributed by atoms with E-state index in [2.05, 4.69) is 10.3 Å². The molecule has 0 aromatic carbocycles. The molecule has 2 heterocycles. The number of cyclic esters (lactones) is 1. The molecule has 0 radical (unpaired) electrons. The average molecular weight is 354 g/mol. The Kier molecular flexibility index (Phi) is 5.40. The van der Waals surface area contributed by atoms with E-state index in [9.17, 15) is 9.59 Å². The normalized spacial score (nSPS) is 23.7. The Morgan fingerprint density at radius 1 is 1.38 bits per heavy atom. The first kappa shape index (κ1) is 16.8. The highest BCUT2D eigenvalue weighted by molar-refractivity contribution is 6.30. The molecule has 2 aliphatic rings. The summed E-state index contributed by atoms with van der Waals surface area (Å²) in [6.07, 6.45) is 4.62. The molecule has 1 saturated heterocycles. The Bertz CT molecular complexity index is 587. The first-order valence-corrected chi connectivity index (χ1v) is 8.47. The topological polar surface area (TPSA) is 80.8 Å². The van der Waals surface area contributed by atoms with Gasteiger partial charge in [-0.25, -0.2) is 9.78 Å². The molecule has 130 valence electrons. The Morgan fingerprint density at radius 2 is 2.17 bits per heavy atom. The van der Waals surface area contributed by atoms with Crippen molar-refractivity contribution in [3.63, 3.8) is 0 Å². The van der Waals surface area contributed by atoms with E-state index in [1.54, 1.807) is 18.3 Å². The number of amides is 2. The Hall–Kier alpha value is -2.02. The number of pyridine rings is 1. The Labute approximate surface area is 145 Å². The monoisotopic (exact) mass is 353 g/mol. The largest absolute Gasteiger partial charge is 0.474 e. The highest BCUT2D eigenvalue weighted by Gasteiger charge is 2.27. The molecule has 3 rings (SSSR count). The molecule has 1 N–H and O–H groups in total. The van der Waals surface area contributed by atoms with Gasteiger partial charge in [0.1, 0.15) is 19.3 Å². The summed E-state index contributed by atoms with van der Waals surface area (Å²) in [7, 11) is 0. The fraction of sp³-hybridized carbons (Fsp3) is 0.562. The maximum Gasteiger partial charge on any atom is 0.410 e. The molecule has 0 atom stereocenters. The van der Waals surface area contributed by atoms with Crippen LogP contribution in [-0.2, 0) is 9.53 Å². The van der Waals surface area contributed by atoms with Gasteiger partial charge < -0.3 is 14.8 Å². The number of hydrogen-bond acceptors (Lipinski definition) is 5. The molecule has 1 saturated carbocycles. The Balaban J connectivity index is 1.39. The molecule has 0 spiro atoms. The number of nitrogens with zero attached hydrogens (tertiary/aromatic N) is 2. The highest BCUT2D eigenvalue weighted by atomic mass is 35.5. The smallest absolute Gasteiger partial charge is 0.410 e. The van der Waals surface area contributed by atoms with E-state index in [4.69, 9.17) is 21.1 Å². The van der Waals surface area contributed by atoms with E-state index in [-0.39, 0.29) is 24.6 Å². The van der Waals surface area contributed by atoms with Crippen LogP contribution in [0.1, 0.15) is 25.7 Å². The van der Waals surface area contributed by atoms with Gasteiger partial charge in [-0.2, -0.15) is 0 Å². The van der Waals surface area contributed by atoms with Gasteiger partial charge in [0.05, 0.1) is 11.6 Å². The van der Waals surface area contributed by atoms with Crippen LogP contribution in [0.2, 0.25) is 5.02 Å². The quantitative estimate of drug-likeness (QED) is 0.875. The second-order valence-electron chi connectivity index (χ2n) is 6.01. The van der Waals surface area contributed by atoms with Crippen molar-refractivity contribution in [3.8, 4) is 5.88 Å². The fourth-order valence-electron chi connectivity index (χ4n) is 2.94. The summed E-state index contributed by atoms with van der Waals surface area (Å²) in [6.45, 7) is 0.887. The van der Waals surface area contributed by atoms with E-state index in [1.165, 1.54) is 4.90 Å². The van der Waals surface area contributed by atoms with Gasteiger partial charge in [0.15, 0.2) is 0 Å². The number of hydrogen-bond donors (Lipinski definition) is 1. The van der Waals surface area contributed by atoms with Gasteiger partial charge in [0.2, 0.25) is 11.8 Å². The minimum Gasteiger partial charge on any atom is -0.474 e. The minimum atomic E-state index is -0.419. The zero-order chi connectivity index (χ0) is 16.9. The lowest BCUT2D eigenvalue weighted by molar-refractivity contribution is -0.122. The van der Waals surface area contributed by atoms with E-state index in [1.807, 2.05) is 0 Å². The van der Waals surface area contributed by atoms with Gasteiger partial charge in [-0.1, -0.05) is 11.6 Å². The molecule has 2 fully saturated rings. The molecular formula is C16H20ClN3O4. The third-order valence-electron chi connectivity index (χ3n) is 4.21. The van der Waals surface area contributed by atoms with E-state index in [0.717, 1.165) is 25.7 Å². The van der Waals surface area contributed by atoms with Crippen molar-refractivity contribution in [3.05, 3.63) is 23.4 Å². The van der Waals surface area contributed by atoms with Crippen molar-refractivity contribution in [1.82, 2.24) is 15.2 Å². The van der Waals surface area contributed by atoms with Crippen LogP contribution in [0, 0.1) is 0 Å². The first-order chi connectivity index (χ1) is 11.6. The summed E-state index contributed by atoms with van der Waals surface area (Å²) in [5.41, 5.74) is 0. The predicted molar refractivity (Wildman–Crippen MR) is 87.0 cm³/mol. The average Bonchev–Trinajstić information content (AvgIpc) is 2.96. The number of nitrogens with one attached hydrogen (secondary N) is 1. The molecule has 0 bridgehead atoms. The van der Waals surface area contributed by atoms with Crippen LogP contribution < -0.4 is 10.1 Å². The number of carbonyl (C=O) groups excluding carboxylic acids is 2. The van der Waals surface area contributed by atoms with Crippen molar-refractivity contribution in [1.29, 1.82) is 0 Å². The van der Waals surface area contributed by atoms with E-state index < -0.39 is 6.09 Å². The zero-order valence-corrected chi connectivity index (χ0v) is 14.0. The van der Waals surface area contributed by atoms with Gasteiger partial charge in [0.25, 0.3) is 0 Å². The third kappa shape index (κ3) is 4.50. The molecular weight excluding hydrogens is 334 g/mol. The van der Waals surface area contributed by atoms with Crippen LogP contribution in [0.25, 0.3) is 0 Å². The predicted octanol–water partition coefficient (Wildman–Crippen LogP) is 1.99. The lowest BCUT2D eigenvalue weighted by atomic mass is 9.93. The van der Waals surface area contributed by atoms with Crippen LogP contribution in [0.15, 0.2) is 18.3 Å². The van der Waals surface area contributed by atoms with Crippen LogP contribution in [0.4, 0.5) is 4.79 Å². The maximum absolute atomic E-state index is 12.0. The van der Waals surface area contributed by atoms with Crippen molar-refractivity contribution < 1.29 is 19.1 Å². The van der Waals surface area contributed by atoms with Gasteiger partial charge in [0, 0.05) is 18.3 Å². The van der Waals surface area contributed by atoms with Crippen molar-refractivity contribution in [2.75, 3.05) is 19.7 Å². The molecule has 1 aliphatic heterocycles. The molecule has 1 aromatic heterocycles. The molecule has 1 aromatic rings. The Morgan fingerprint density at radius 3 is 2.79 bits per heavy atom. The molecule has 24 heavy (non-hydrogen) atoms. The van der Waals surface area contributed by atoms with Crippen molar-refractivity contribution in [2.24, 2.45) is 0 Å². The third-order valence-corrected chi connectivity index (χ3v) is 4.43. The number of ether oxygens (including phenoxy) is 2. The summed E-state index contributed by atoms with van der Waals surface area (Å²) >= 11 is 5.80. The first-order valence-electron chi connectivity index (χ1n) is 8.09. The van der Waals surface area contributed by atoms with Gasteiger partial charge >= 0.3 is 6.09 Å². The molecule has 8 heteroatoms. The highest BCUT2D eigenvalue weighted by Crippen LogP contribution is 2.23. The fourth-order valence-corrected chi connectivity index (χ4v) is 3.06. The standard InChI is InChI=1S/C16H20ClN3O4/c17-11-1-6-15(18-9-11)24-13-4-2-12(3-5-13)19-14(21)10-20-7-8-23-16(20)22/h1,6,9,12-13H,2-5,7-8,10H2,(H,19,21). The molecule has 1 aliphatic carbocycles. The molecule has 7 nitrogen and oxygen atoms in total. The second-order valence-corrected chi connectivity index (χ2v) is 6.45. The van der Waals surface area contributed by atoms with Crippen molar-refractivity contribution >= 4 is 23.6 Å². The molecule has 0 unspecified atom stereocenters. The van der Waals surface area contributed by atoms with Gasteiger partial charge in [-0.15, -0.1) is 0 Å². The van der Waals surface area contributed by atoms with Crippen LogP contribution in [0.5, 0.6) is 5.88 Å². The van der Waals surface area contributed by atoms with E-state index >= 15 is 0 Å². The number of carbonyl (C=O) groups is 2. The summed E-state index contributed by atoms with van der Waals surface area (Å²) in [5, 5.41) is 3.56. The SMILES string of the molecule is O=C(CN1CCOC1=O)NC1CCC(Oc2ccc(Cl)cn2)CC1. The van der Waals surface area contributed by atoms with Gasteiger partial charge in [-0.05, 0) is 31.7 Å². The lowest BCUT2D eigenvalue weighted by Gasteiger charge is -2.29. The summed E-state index contributed by atoms with van der Waals surface area (Å²) in [4.78, 5) is 28.9. The maximum atomic E-state index is 12.0. The number of rotatable bonds is 5. The second kappa shape index (κ2) is 7.70. The summed E-state index contributed by atoms with van der Waals surface area (Å²) in [5.74, 6) is 0.428.